The van der Waals surface area contributed by atoms with Crippen LogP contribution in [-0.4, -0.2) is 29.2 Å². The molecule has 2 aromatic rings. The van der Waals surface area contributed by atoms with Gasteiger partial charge >= 0.3 is 0 Å². The first-order valence-corrected chi connectivity index (χ1v) is 11.4. The Labute approximate surface area is 184 Å². The summed E-state index contributed by atoms with van der Waals surface area (Å²) in [5, 5.41) is 3.19. The number of rotatable bonds is 12. The Bertz CT molecular complexity index is 860. The van der Waals surface area contributed by atoms with Gasteiger partial charge in [0.1, 0.15) is 0 Å². The summed E-state index contributed by atoms with van der Waals surface area (Å²) in [6.07, 6.45) is 7.00. The minimum atomic E-state index is -0.195. The molecule has 0 fully saturated rings. The van der Waals surface area contributed by atoms with Gasteiger partial charge in [-0.25, -0.2) is 0 Å². The van der Waals surface area contributed by atoms with Gasteiger partial charge in [0.25, 0.3) is 11.8 Å². The van der Waals surface area contributed by atoms with E-state index in [-0.39, 0.29) is 23.8 Å². The molecule has 1 heterocycles. The summed E-state index contributed by atoms with van der Waals surface area (Å²) in [6.45, 7) is 2.59. The Balaban J connectivity index is 1.35. The molecule has 1 aliphatic rings. The zero-order chi connectivity index (χ0) is 22.1. The number of hydrogen-bond donors (Lipinski definition) is 1. The molecule has 5 heteroatoms. The fourth-order valence-corrected chi connectivity index (χ4v) is 4.03. The normalized spacial score (nSPS) is 13.9. The van der Waals surface area contributed by atoms with Crippen LogP contribution in [0.3, 0.4) is 0 Å². The number of amides is 3. The number of nitrogens with one attached hydrogen (secondary N) is 1. The number of unbranched alkanes of at least 4 members (excludes halogenated alkanes) is 4. The van der Waals surface area contributed by atoms with Crippen molar-refractivity contribution in [3.05, 3.63) is 71.3 Å². The number of imide groups is 1. The van der Waals surface area contributed by atoms with Crippen molar-refractivity contribution in [1.82, 2.24) is 10.2 Å². The molecule has 1 N–H and O–H groups in total. The van der Waals surface area contributed by atoms with Crippen molar-refractivity contribution < 1.29 is 14.4 Å². The number of carbonyl (C=O) groups is 3. The minimum Gasteiger partial charge on any atom is -0.349 e. The summed E-state index contributed by atoms with van der Waals surface area (Å²) in [6, 6.07) is 17.2. The maximum Gasteiger partial charge on any atom is 0.261 e. The van der Waals surface area contributed by atoms with E-state index < -0.39 is 0 Å². The van der Waals surface area contributed by atoms with Crippen molar-refractivity contribution in [3.63, 3.8) is 0 Å². The minimum absolute atomic E-state index is 0.0717. The second-order valence-electron chi connectivity index (χ2n) is 8.14. The van der Waals surface area contributed by atoms with Gasteiger partial charge in [0.15, 0.2) is 0 Å². The lowest BCUT2D eigenvalue weighted by molar-refractivity contribution is -0.122. The molecule has 0 saturated heterocycles. The van der Waals surface area contributed by atoms with E-state index in [4.69, 9.17) is 0 Å². The van der Waals surface area contributed by atoms with E-state index in [0.29, 0.717) is 24.1 Å². The van der Waals surface area contributed by atoms with Crippen molar-refractivity contribution in [2.75, 3.05) is 6.54 Å². The Kier molecular flexibility index (Phi) is 8.39. The largest absolute Gasteiger partial charge is 0.349 e. The van der Waals surface area contributed by atoms with Gasteiger partial charge in [-0.05, 0) is 37.0 Å². The van der Waals surface area contributed by atoms with Gasteiger partial charge in [0.05, 0.1) is 17.2 Å². The van der Waals surface area contributed by atoms with E-state index in [9.17, 15) is 14.4 Å². The average molecular weight is 421 g/mol. The van der Waals surface area contributed by atoms with Crippen LogP contribution in [0.15, 0.2) is 54.6 Å². The molecule has 1 unspecified atom stereocenters. The van der Waals surface area contributed by atoms with Crippen molar-refractivity contribution in [1.29, 1.82) is 0 Å². The monoisotopic (exact) mass is 420 g/mol. The maximum absolute atomic E-state index is 12.4. The highest BCUT2D eigenvalue weighted by Crippen LogP contribution is 2.23. The number of hydrogen-bond acceptors (Lipinski definition) is 3. The number of fused-ring (bicyclic) bond motifs is 1. The van der Waals surface area contributed by atoms with Crippen LogP contribution in [0.5, 0.6) is 0 Å². The highest BCUT2D eigenvalue weighted by molar-refractivity contribution is 6.21. The van der Waals surface area contributed by atoms with Crippen LogP contribution in [0, 0.1) is 0 Å². The van der Waals surface area contributed by atoms with Crippen LogP contribution in [0.1, 0.15) is 90.6 Å². The standard InChI is InChI=1S/C26H32N2O3/c1-2-3-17-23(20-13-7-6-8-14-20)27-24(29)18-9-4-5-12-19-28-25(30)21-15-10-11-16-22(21)26(28)31/h6-8,10-11,13-16,23H,2-5,9,12,17-19H2,1H3,(H,27,29). The van der Waals surface area contributed by atoms with E-state index in [2.05, 4.69) is 24.4 Å². The highest BCUT2D eigenvalue weighted by atomic mass is 16.2. The zero-order valence-electron chi connectivity index (χ0n) is 18.3. The van der Waals surface area contributed by atoms with Crippen molar-refractivity contribution in [3.8, 4) is 0 Å². The first-order valence-electron chi connectivity index (χ1n) is 11.4. The predicted octanol–water partition coefficient (Wildman–Crippen LogP) is 5.28. The van der Waals surface area contributed by atoms with Crippen LogP contribution >= 0.6 is 0 Å². The Hall–Kier alpha value is -2.95. The second kappa shape index (κ2) is 11.4. The lowest BCUT2D eigenvalue weighted by Crippen LogP contribution is -2.30. The summed E-state index contributed by atoms with van der Waals surface area (Å²) >= 11 is 0. The van der Waals surface area contributed by atoms with Gasteiger partial charge in [-0.15, -0.1) is 0 Å². The van der Waals surface area contributed by atoms with Crippen LogP contribution in [-0.2, 0) is 4.79 Å². The molecule has 1 aliphatic heterocycles. The van der Waals surface area contributed by atoms with Gasteiger partial charge in [0.2, 0.25) is 5.91 Å². The molecular formula is C26H32N2O3. The highest BCUT2D eigenvalue weighted by Gasteiger charge is 2.34. The van der Waals surface area contributed by atoms with E-state index in [1.54, 1.807) is 24.3 Å². The molecule has 2 aromatic carbocycles. The van der Waals surface area contributed by atoms with Crippen LogP contribution in [0.25, 0.3) is 0 Å². The predicted molar refractivity (Wildman–Crippen MR) is 122 cm³/mol. The lowest BCUT2D eigenvalue weighted by Gasteiger charge is -2.19. The lowest BCUT2D eigenvalue weighted by atomic mass is 10.0. The molecule has 3 amide bonds. The quantitative estimate of drug-likeness (QED) is 0.375. The fraction of sp³-hybridized carbons (Fsp3) is 0.423. The number of benzene rings is 2. The van der Waals surface area contributed by atoms with Gasteiger partial charge < -0.3 is 5.32 Å². The molecule has 31 heavy (non-hydrogen) atoms. The summed E-state index contributed by atoms with van der Waals surface area (Å²) in [4.78, 5) is 38.5. The van der Waals surface area contributed by atoms with E-state index in [1.165, 1.54) is 4.90 Å². The number of nitrogens with zero attached hydrogens (tertiary/aromatic N) is 1. The molecule has 0 aliphatic carbocycles. The molecule has 0 aromatic heterocycles. The van der Waals surface area contributed by atoms with Gasteiger partial charge in [-0.2, -0.15) is 0 Å². The van der Waals surface area contributed by atoms with Crippen LogP contribution in [0.2, 0.25) is 0 Å². The van der Waals surface area contributed by atoms with Crippen molar-refractivity contribution in [2.45, 2.75) is 64.3 Å². The SMILES string of the molecule is CCCCC(NC(=O)CCCCCCN1C(=O)c2ccccc2C1=O)c1ccccc1. The molecule has 0 radical (unpaired) electrons. The van der Waals surface area contributed by atoms with Crippen LogP contribution < -0.4 is 5.32 Å². The Morgan fingerprint density at radius 3 is 2.10 bits per heavy atom. The zero-order valence-corrected chi connectivity index (χ0v) is 18.3. The van der Waals surface area contributed by atoms with Gasteiger partial charge in [0, 0.05) is 13.0 Å². The van der Waals surface area contributed by atoms with Crippen LogP contribution in [0.4, 0.5) is 0 Å². The second-order valence-corrected chi connectivity index (χ2v) is 8.14. The molecule has 0 bridgehead atoms. The number of carbonyl (C=O) groups excluding carboxylic acids is 3. The van der Waals surface area contributed by atoms with Crippen molar-refractivity contribution in [2.24, 2.45) is 0 Å². The molecule has 0 saturated carbocycles. The third-order valence-electron chi connectivity index (χ3n) is 5.80. The first-order chi connectivity index (χ1) is 15.1. The van der Waals surface area contributed by atoms with E-state index >= 15 is 0 Å². The summed E-state index contributed by atoms with van der Waals surface area (Å²) in [5.41, 5.74) is 2.16. The fourth-order valence-electron chi connectivity index (χ4n) is 4.03. The summed E-state index contributed by atoms with van der Waals surface area (Å²) in [5.74, 6) is -0.302. The van der Waals surface area contributed by atoms with Gasteiger partial charge in [-0.3, -0.25) is 19.3 Å². The molecule has 5 nitrogen and oxygen atoms in total. The molecule has 164 valence electrons. The first kappa shape index (κ1) is 22.7. The van der Waals surface area contributed by atoms with E-state index in [1.807, 2.05) is 18.2 Å². The maximum atomic E-state index is 12.4. The Morgan fingerprint density at radius 2 is 1.45 bits per heavy atom. The van der Waals surface area contributed by atoms with E-state index in [0.717, 1.165) is 50.5 Å². The van der Waals surface area contributed by atoms with Gasteiger partial charge in [-0.1, -0.05) is 75.1 Å². The third kappa shape index (κ3) is 6.03. The topological polar surface area (TPSA) is 66.5 Å². The smallest absolute Gasteiger partial charge is 0.261 e. The third-order valence-corrected chi connectivity index (χ3v) is 5.80. The molecule has 3 rings (SSSR count). The van der Waals surface area contributed by atoms with Crippen molar-refractivity contribution >= 4 is 17.7 Å². The molecular weight excluding hydrogens is 388 g/mol. The average Bonchev–Trinajstić information content (AvgIpc) is 3.04. The summed E-state index contributed by atoms with van der Waals surface area (Å²) in [7, 11) is 0. The Morgan fingerprint density at radius 1 is 0.839 bits per heavy atom. The molecule has 0 spiro atoms. The summed E-state index contributed by atoms with van der Waals surface area (Å²) < 4.78 is 0. The molecule has 1 atom stereocenters.